The lowest BCUT2D eigenvalue weighted by molar-refractivity contribution is -0.120. The van der Waals surface area contributed by atoms with E-state index in [4.69, 9.17) is 4.42 Å². The Labute approximate surface area is 129 Å². The van der Waals surface area contributed by atoms with Crippen molar-refractivity contribution in [3.05, 3.63) is 18.5 Å². The quantitative estimate of drug-likeness (QED) is 0.612. The molecule has 116 valence electrons. The number of nitrogens with one attached hydrogen (secondary N) is 1. The lowest BCUT2D eigenvalue weighted by Crippen LogP contribution is -2.30. The summed E-state index contributed by atoms with van der Waals surface area (Å²) in [4.78, 5) is 14.1. The van der Waals surface area contributed by atoms with Gasteiger partial charge < -0.3 is 9.73 Å². The van der Waals surface area contributed by atoms with Crippen molar-refractivity contribution in [2.24, 2.45) is 0 Å². The second kappa shape index (κ2) is 8.19. The minimum atomic E-state index is -0.270. The van der Waals surface area contributed by atoms with Crippen LogP contribution in [-0.4, -0.2) is 45.9 Å². The first-order valence-electron chi connectivity index (χ1n) is 7.29. The first-order valence-corrected chi connectivity index (χ1v) is 8.17. The number of piperidine rings is 1. The lowest BCUT2D eigenvalue weighted by Gasteiger charge is -2.24. The van der Waals surface area contributed by atoms with Crippen LogP contribution in [0, 0.1) is 0 Å². The van der Waals surface area contributed by atoms with Crippen LogP contribution in [0.2, 0.25) is 0 Å². The Bertz CT molecular complexity index is 471. The Morgan fingerprint density at radius 3 is 2.95 bits per heavy atom. The Hall–Kier alpha value is -1.34. The molecule has 1 aliphatic heterocycles. The number of nitrogens with zero attached hydrogens (tertiary/aromatic N) is 3. The number of hydrogen-bond donors (Lipinski definition) is 1. The summed E-state index contributed by atoms with van der Waals surface area (Å²) in [5, 5.41) is 11.0. The summed E-state index contributed by atoms with van der Waals surface area (Å²) in [5.41, 5.74) is 0. The molecule has 1 aromatic rings. The number of carbonyl (C=O) groups excluding carboxylic acids is 1. The maximum absolute atomic E-state index is 11.8. The second-order valence-electron chi connectivity index (χ2n) is 5.09. The normalized spacial score (nSPS) is 17.4. The summed E-state index contributed by atoms with van der Waals surface area (Å²) in [7, 11) is 0. The summed E-state index contributed by atoms with van der Waals surface area (Å²) < 4.78 is 5.61. The van der Waals surface area contributed by atoms with E-state index in [1.807, 2.05) is 6.92 Å². The van der Waals surface area contributed by atoms with Gasteiger partial charge in [-0.3, -0.25) is 9.69 Å². The number of carbonyl (C=O) groups is 1. The van der Waals surface area contributed by atoms with Crippen LogP contribution in [0.4, 0.5) is 0 Å². The number of amides is 1. The maximum Gasteiger partial charge on any atom is 0.277 e. The summed E-state index contributed by atoms with van der Waals surface area (Å²) in [6, 6.07) is 0. The highest BCUT2D eigenvalue weighted by Crippen LogP contribution is 2.22. The largest absolute Gasteiger partial charge is 0.415 e. The zero-order chi connectivity index (χ0) is 15.1. The fourth-order valence-corrected chi connectivity index (χ4v) is 2.90. The molecule has 0 aliphatic carbocycles. The van der Waals surface area contributed by atoms with Gasteiger partial charge in [0.2, 0.25) is 11.8 Å². The van der Waals surface area contributed by atoms with Crippen LogP contribution in [-0.2, 0) is 11.3 Å². The van der Waals surface area contributed by atoms with Gasteiger partial charge in [-0.25, -0.2) is 0 Å². The van der Waals surface area contributed by atoms with E-state index in [0.29, 0.717) is 24.2 Å². The van der Waals surface area contributed by atoms with Crippen LogP contribution in [0.25, 0.3) is 0 Å². The molecule has 21 heavy (non-hydrogen) atoms. The van der Waals surface area contributed by atoms with Gasteiger partial charge in [0, 0.05) is 6.54 Å². The van der Waals surface area contributed by atoms with Crippen LogP contribution >= 0.6 is 11.8 Å². The number of hydrogen-bond acceptors (Lipinski definition) is 6. The second-order valence-corrected chi connectivity index (χ2v) is 6.38. The van der Waals surface area contributed by atoms with Crippen LogP contribution in [0.15, 0.2) is 22.3 Å². The van der Waals surface area contributed by atoms with E-state index in [-0.39, 0.29) is 11.2 Å². The zero-order valence-corrected chi connectivity index (χ0v) is 13.2. The Kier molecular flexibility index (Phi) is 6.25. The van der Waals surface area contributed by atoms with Crippen molar-refractivity contribution in [2.45, 2.75) is 43.2 Å². The van der Waals surface area contributed by atoms with Gasteiger partial charge in [-0.05, 0) is 32.9 Å². The molecular formula is C14H22N4O2S. The van der Waals surface area contributed by atoms with Crippen molar-refractivity contribution in [3.63, 3.8) is 0 Å². The van der Waals surface area contributed by atoms with Gasteiger partial charge in [-0.1, -0.05) is 24.3 Å². The summed E-state index contributed by atoms with van der Waals surface area (Å²) in [6.45, 7) is 8.73. The lowest BCUT2D eigenvalue weighted by atomic mass is 10.1. The highest BCUT2D eigenvalue weighted by Gasteiger charge is 2.19. The van der Waals surface area contributed by atoms with E-state index in [2.05, 4.69) is 27.0 Å². The van der Waals surface area contributed by atoms with Gasteiger partial charge in [-0.2, -0.15) is 0 Å². The van der Waals surface area contributed by atoms with Gasteiger partial charge >= 0.3 is 0 Å². The molecule has 0 spiro atoms. The van der Waals surface area contributed by atoms with Crippen molar-refractivity contribution in [3.8, 4) is 0 Å². The average molecular weight is 310 g/mol. The molecule has 2 rings (SSSR count). The molecular weight excluding hydrogens is 288 g/mol. The minimum Gasteiger partial charge on any atom is -0.415 e. The highest BCUT2D eigenvalue weighted by molar-refractivity contribution is 8.00. The standard InChI is InChI=1S/C14H22N4O2S/c1-3-7-15-13(19)11(2)21-14-17-16-12(20-14)10-18-8-5-4-6-9-18/h3,11H,1,4-10H2,2H3,(H,15,19)/t11-/m1/s1. The van der Waals surface area contributed by atoms with Crippen LogP contribution < -0.4 is 5.32 Å². The Morgan fingerprint density at radius 2 is 2.24 bits per heavy atom. The molecule has 6 nitrogen and oxygen atoms in total. The van der Waals surface area contributed by atoms with Gasteiger partial charge in [0.15, 0.2) is 0 Å². The van der Waals surface area contributed by atoms with E-state index >= 15 is 0 Å². The van der Waals surface area contributed by atoms with E-state index in [1.165, 1.54) is 31.0 Å². The minimum absolute atomic E-state index is 0.0596. The molecule has 1 amide bonds. The summed E-state index contributed by atoms with van der Waals surface area (Å²) in [6.07, 6.45) is 5.42. The number of likely N-dealkylation sites (tertiary alicyclic amines) is 1. The van der Waals surface area contributed by atoms with Crippen LogP contribution in [0.1, 0.15) is 32.1 Å². The van der Waals surface area contributed by atoms with E-state index < -0.39 is 0 Å². The van der Waals surface area contributed by atoms with Gasteiger partial charge in [-0.15, -0.1) is 16.8 Å². The molecule has 1 saturated heterocycles. The first kappa shape index (κ1) is 16.0. The summed E-state index contributed by atoms with van der Waals surface area (Å²) >= 11 is 1.28. The van der Waals surface area contributed by atoms with Crippen molar-refractivity contribution < 1.29 is 9.21 Å². The van der Waals surface area contributed by atoms with E-state index in [9.17, 15) is 4.79 Å². The maximum atomic E-state index is 11.8. The number of aromatic nitrogens is 2. The van der Waals surface area contributed by atoms with E-state index in [1.54, 1.807) is 6.08 Å². The van der Waals surface area contributed by atoms with Crippen LogP contribution in [0.5, 0.6) is 0 Å². The van der Waals surface area contributed by atoms with Crippen molar-refractivity contribution in [1.29, 1.82) is 0 Å². The Balaban J connectivity index is 1.81. The van der Waals surface area contributed by atoms with Gasteiger partial charge in [0.05, 0.1) is 11.8 Å². The van der Waals surface area contributed by atoms with Crippen molar-refractivity contribution >= 4 is 17.7 Å². The molecule has 1 N–H and O–H groups in total. The molecule has 1 aliphatic rings. The van der Waals surface area contributed by atoms with Crippen LogP contribution in [0.3, 0.4) is 0 Å². The third-order valence-corrected chi connectivity index (χ3v) is 4.26. The number of rotatable bonds is 7. The predicted molar refractivity (Wildman–Crippen MR) is 82.0 cm³/mol. The van der Waals surface area contributed by atoms with Gasteiger partial charge in [0.1, 0.15) is 0 Å². The Morgan fingerprint density at radius 1 is 1.48 bits per heavy atom. The van der Waals surface area contributed by atoms with Crippen molar-refractivity contribution in [1.82, 2.24) is 20.4 Å². The molecule has 0 bridgehead atoms. The molecule has 1 atom stereocenters. The first-order chi connectivity index (χ1) is 10.2. The molecule has 0 aromatic carbocycles. The monoisotopic (exact) mass is 310 g/mol. The summed E-state index contributed by atoms with van der Waals surface area (Å²) in [5.74, 6) is 0.564. The SMILES string of the molecule is C=CCNC(=O)[C@@H](C)Sc1nnc(CN2CCCCC2)o1. The van der Waals surface area contributed by atoms with Crippen molar-refractivity contribution in [2.75, 3.05) is 19.6 Å². The van der Waals surface area contributed by atoms with Gasteiger partial charge in [0.25, 0.3) is 5.22 Å². The zero-order valence-electron chi connectivity index (χ0n) is 12.4. The smallest absolute Gasteiger partial charge is 0.277 e. The fourth-order valence-electron chi connectivity index (χ4n) is 2.18. The molecule has 0 radical (unpaired) electrons. The molecule has 2 heterocycles. The molecule has 0 saturated carbocycles. The fraction of sp³-hybridized carbons (Fsp3) is 0.643. The molecule has 1 fully saturated rings. The third-order valence-electron chi connectivity index (χ3n) is 3.32. The topological polar surface area (TPSA) is 71.3 Å². The molecule has 1 aromatic heterocycles. The molecule has 7 heteroatoms. The third kappa shape index (κ3) is 5.17. The van der Waals surface area contributed by atoms with E-state index in [0.717, 1.165) is 13.1 Å². The number of thioether (sulfide) groups is 1. The highest BCUT2D eigenvalue weighted by atomic mass is 32.2. The molecule has 0 unspecified atom stereocenters. The predicted octanol–water partition coefficient (Wildman–Crippen LogP) is 1.84. The average Bonchev–Trinajstić information content (AvgIpc) is 2.92.